The van der Waals surface area contributed by atoms with E-state index in [9.17, 15) is 14.9 Å². The molecule has 0 bridgehead atoms. The van der Waals surface area contributed by atoms with Crippen LogP contribution in [0.25, 0.3) is 10.9 Å². The van der Waals surface area contributed by atoms with E-state index in [0.29, 0.717) is 27.6 Å². The van der Waals surface area contributed by atoms with Crippen LogP contribution in [0.3, 0.4) is 0 Å². The van der Waals surface area contributed by atoms with Gasteiger partial charge in [0.2, 0.25) is 0 Å². The standard InChI is InChI=1S/C15H12ClN5O3S/c1-2-5-20-13(22)11-4-3-9(16)6-12(11)19-15(20)25-14-17-7-10(8-18-14)21(23)24/h3-4,6-8H,2,5H2,1H3. The first kappa shape index (κ1) is 17.3. The van der Waals surface area contributed by atoms with Crippen LogP contribution in [0.2, 0.25) is 5.02 Å². The second kappa shape index (κ2) is 7.16. The molecule has 0 N–H and O–H groups in total. The molecule has 25 heavy (non-hydrogen) atoms. The second-order valence-electron chi connectivity index (χ2n) is 5.10. The smallest absolute Gasteiger partial charge is 0.287 e. The minimum atomic E-state index is -0.572. The van der Waals surface area contributed by atoms with Crippen molar-refractivity contribution in [3.05, 3.63) is 56.1 Å². The van der Waals surface area contributed by atoms with E-state index < -0.39 is 4.92 Å². The highest BCUT2D eigenvalue weighted by Gasteiger charge is 2.15. The molecular weight excluding hydrogens is 366 g/mol. The molecule has 0 amide bonds. The van der Waals surface area contributed by atoms with Gasteiger partial charge >= 0.3 is 5.69 Å². The van der Waals surface area contributed by atoms with E-state index in [0.717, 1.165) is 30.6 Å². The van der Waals surface area contributed by atoms with E-state index in [2.05, 4.69) is 15.0 Å². The van der Waals surface area contributed by atoms with Crippen molar-refractivity contribution < 1.29 is 4.92 Å². The van der Waals surface area contributed by atoms with Crippen molar-refractivity contribution in [1.82, 2.24) is 19.5 Å². The van der Waals surface area contributed by atoms with Crippen LogP contribution < -0.4 is 5.56 Å². The molecule has 0 aliphatic rings. The Morgan fingerprint density at radius 2 is 2.04 bits per heavy atom. The summed E-state index contributed by atoms with van der Waals surface area (Å²) in [6.45, 7) is 2.44. The summed E-state index contributed by atoms with van der Waals surface area (Å²) in [4.78, 5) is 35.2. The summed E-state index contributed by atoms with van der Waals surface area (Å²) in [5.41, 5.74) is 0.107. The number of fused-ring (bicyclic) bond motifs is 1. The van der Waals surface area contributed by atoms with Crippen molar-refractivity contribution in [2.24, 2.45) is 0 Å². The number of nitro groups is 1. The molecule has 0 radical (unpaired) electrons. The van der Waals surface area contributed by atoms with Crippen LogP contribution in [0.1, 0.15) is 13.3 Å². The lowest BCUT2D eigenvalue weighted by Gasteiger charge is -2.11. The molecule has 2 heterocycles. The van der Waals surface area contributed by atoms with Gasteiger partial charge in [0, 0.05) is 11.6 Å². The summed E-state index contributed by atoms with van der Waals surface area (Å²) in [6, 6.07) is 4.92. The Hall–Kier alpha value is -2.52. The third-order valence-corrected chi connectivity index (χ3v) is 4.46. The molecule has 0 atom stereocenters. The van der Waals surface area contributed by atoms with Gasteiger partial charge < -0.3 is 0 Å². The molecule has 0 saturated heterocycles. The van der Waals surface area contributed by atoms with Gasteiger partial charge in [0.1, 0.15) is 12.4 Å². The van der Waals surface area contributed by atoms with Gasteiger partial charge in [0.25, 0.3) is 5.56 Å². The van der Waals surface area contributed by atoms with E-state index >= 15 is 0 Å². The first-order valence-electron chi connectivity index (χ1n) is 7.34. The lowest BCUT2D eigenvalue weighted by Crippen LogP contribution is -2.23. The Bertz CT molecular complexity index is 1010. The molecule has 0 aliphatic heterocycles. The SMILES string of the molecule is CCCn1c(Sc2ncc([N+](=O)[O-])cn2)nc2cc(Cl)ccc2c1=O. The fraction of sp³-hybridized carbons (Fsp3) is 0.200. The highest BCUT2D eigenvalue weighted by Crippen LogP contribution is 2.25. The highest BCUT2D eigenvalue weighted by atomic mass is 35.5. The average Bonchev–Trinajstić information content (AvgIpc) is 2.58. The zero-order valence-corrected chi connectivity index (χ0v) is 14.6. The van der Waals surface area contributed by atoms with Gasteiger partial charge in [0.05, 0.1) is 15.8 Å². The number of rotatable bonds is 5. The Morgan fingerprint density at radius 1 is 1.32 bits per heavy atom. The molecular formula is C15H12ClN5O3S. The first-order chi connectivity index (χ1) is 12.0. The van der Waals surface area contributed by atoms with E-state index in [1.165, 1.54) is 0 Å². The van der Waals surface area contributed by atoms with Gasteiger partial charge in [-0.15, -0.1) is 0 Å². The number of halogens is 1. The summed E-state index contributed by atoms with van der Waals surface area (Å²) in [6.07, 6.45) is 2.99. The van der Waals surface area contributed by atoms with E-state index in [4.69, 9.17) is 11.6 Å². The second-order valence-corrected chi connectivity index (χ2v) is 6.47. The van der Waals surface area contributed by atoms with Gasteiger partial charge in [-0.3, -0.25) is 19.5 Å². The zero-order valence-electron chi connectivity index (χ0n) is 13.0. The molecule has 0 saturated carbocycles. The lowest BCUT2D eigenvalue weighted by molar-refractivity contribution is -0.385. The first-order valence-corrected chi connectivity index (χ1v) is 8.53. The van der Waals surface area contributed by atoms with Crippen molar-refractivity contribution in [3.63, 3.8) is 0 Å². The van der Waals surface area contributed by atoms with Crippen molar-refractivity contribution in [2.45, 2.75) is 30.2 Å². The molecule has 10 heteroatoms. The quantitative estimate of drug-likeness (QED) is 0.381. The number of aromatic nitrogens is 4. The van der Waals surface area contributed by atoms with Crippen LogP contribution >= 0.6 is 23.4 Å². The zero-order chi connectivity index (χ0) is 18.0. The Labute approximate surface area is 151 Å². The Morgan fingerprint density at radius 3 is 2.68 bits per heavy atom. The number of nitrogens with zero attached hydrogens (tertiary/aromatic N) is 5. The maximum Gasteiger partial charge on any atom is 0.305 e. The van der Waals surface area contributed by atoms with Crippen LogP contribution in [-0.4, -0.2) is 24.4 Å². The predicted octanol–water partition coefficient (Wildman–Crippen LogP) is 3.31. The van der Waals surface area contributed by atoms with Crippen molar-refractivity contribution in [3.8, 4) is 0 Å². The number of benzene rings is 1. The van der Waals surface area contributed by atoms with Crippen LogP contribution in [-0.2, 0) is 6.54 Å². The molecule has 128 valence electrons. The maximum absolute atomic E-state index is 12.7. The van der Waals surface area contributed by atoms with Gasteiger partial charge in [-0.1, -0.05) is 18.5 Å². The topological polar surface area (TPSA) is 104 Å². The fourth-order valence-electron chi connectivity index (χ4n) is 2.21. The largest absolute Gasteiger partial charge is 0.305 e. The molecule has 0 fully saturated rings. The fourth-order valence-corrected chi connectivity index (χ4v) is 3.18. The van der Waals surface area contributed by atoms with Crippen molar-refractivity contribution in [1.29, 1.82) is 0 Å². The van der Waals surface area contributed by atoms with Gasteiger partial charge in [-0.05, 0) is 36.4 Å². The highest BCUT2D eigenvalue weighted by molar-refractivity contribution is 7.99. The van der Waals surface area contributed by atoms with Crippen molar-refractivity contribution in [2.75, 3.05) is 0 Å². The Kier molecular flexibility index (Phi) is 4.95. The summed E-state index contributed by atoms with van der Waals surface area (Å²) in [5.74, 6) is 0. The van der Waals surface area contributed by atoms with Gasteiger partial charge in [-0.25, -0.2) is 15.0 Å². The summed E-state index contributed by atoms with van der Waals surface area (Å²) < 4.78 is 1.55. The molecule has 3 aromatic rings. The minimum absolute atomic E-state index is 0.173. The van der Waals surface area contributed by atoms with Crippen LogP contribution in [0.15, 0.2) is 45.7 Å². The molecule has 0 unspecified atom stereocenters. The molecule has 8 nitrogen and oxygen atoms in total. The monoisotopic (exact) mass is 377 g/mol. The number of hydrogen-bond acceptors (Lipinski definition) is 7. The van der Waals surface area contributed by atoms with Crippen LogP contribution in [0.5, 0.6) is 0 Å². The normalized spacial score (nSPS) is 11.0. The Balaban J connectivity index is 2.08. The van der Waals surface area contributed by atoms with E-state index in [1.807, 2.05) is 6.92 Å². The molecule has 3 rings (SSSR count). The van der Waals surface area contributed by atoms with Gasteiger partial charge in [0.15, 0.2) is 10.3 Å². The summed E-state index contributed by atoms with van der Waals surface area (Å²) >= 11 is 7.06. The van der Waals surface area contributed by atoms with E-state index in [-0.39, 0.29) is 16.4 Å². The minimum Gasteiger partial charge on any atom is -0.287 e. The third kappa shape index (κ3) is 3.62. The molecule has 2 aromatic heterocycles. The lowest BCUT2D eigenvalue weighted by atomic mass is 10.2. The van der Waals surface area contributed by atoms with E-state index in [1.54, 1.807) is 22.8 Å². The molecule has 0 spiro atoms. The van der Waals surface area contributed by atoms with Crippen molar-refractivity contribution >= 4 is 40.0 Å². The van der Waals surface area contributed by atoms with Crippen LogP contribution in [0.4, 0.5) is 5.69 Å². The number of hydrogen-bond donors (Lipinski definition) is 0. The maximum atomic E-state index is 12.7. The predicted molar refractivity (Wildman–Crippen MR) is 94.1 cm³/mol. The van der Waals surface area contributed by atoms with Gasteiger partial charge in [-0.2, -0.15) is 0 Å². The summed E-state index contributed by atoms with van der Waals surface area (Å²) in [7, 11) is 0. The molecule has 1 aromatic carbocycles. The molecule has 0 aliphatic carbocycles. The average molecular weight is 378 g/mol. The van der Waals surface area contributed by atoms with Crippen LogP contribution in [0, 0.1) is 10.1 Å². The third-order valence-electron chi connectivity index (χ3n) is 3.34. The summed E-state index contributed by atoms with van der Waals surface area (Å²) in [5, 5.41) is 12.3.